The van der Waals surface area contributed by atoms with E-state index in [-0.39, 0.29) is 18.7 Å². The average Bonchev–Trinajstić information content (AvgIpc) is 3.11. The first-order chi connectivity index (χ1) is 16.9. The fraction of sp³-hybridized carbons (Fsp3) is 0.560. The van der Waals surface area contributed by atoms with Crippen LogP contribution in [0.5, 0.6) is 5.75 Å². The molecule has 2 aliphatic rings. The highest BCUT2D eigenvalue weighted by Gasteiger charge is 2.37. The fourth-order valence-electron chi connectivity index (χ4n) is 4.33. The third-order valence-corrected chi connectivity index (χ3v) is 6.30. The van der Waals surface area contributed by atoms with Crippen molar-refractivity contribution in [1.29, 1.82) is 0 Å². The van der Waals surface area contributed by atoms with E-state index in [1.165, 1.54) is 4.90 Å². The molecular formula is C25H37N5O5. The minimum atomic E-state index is -0.637. The van der Waals surface area contributed by atoms with Crippen molar-refractivity contribution >= 4 is 18.0 Å². The van der Waals surface area contributed by atoms with Crippen molar-refractivity contribution in [2.75, 3.05) is 60.0 Å². The molecular weight excluding hydrogens is 450 g/mol. The summed E-state index contributed by atoms with van der Waals surface area (Å²) in [7, 11) is 3.25. The molecule has 0 spiro atoms. The molecule has 192 valence electrons. The van der Waals surface area contributed by atoms with Crippen molar-refractivity contribution in [2.24, 2.45) is 0 Å². The van der Waals surface area contributed by atoms with Crippen LogP contribution in [0.4, 0.5) is 9.59 Å². The van der Waals surface area contributed by atoms with Crippen LogP contribution >= 0.6 is 0 Å². The Morgan fingerprint density at radius 2 is 1.86 bits per heavy atom. The lowest BCUT2D eigenvalue weighted by Gasteiger charge is -2.36. The van der Waals surface area contributed by atoms with E-state index < -0.39 is 12.0 Å². The number of rotatable bonds is 8. The lowest BCUT2D eigenvalue weighted by atomic mass is 9.94. The molecule has 1 unspecified atom stereocenters. The Morgan fingerprint density at radius 3 is 2.51 bits per heavy atom. The first-order valence-corrected chi connectivity index (χ1v) is 12.2. The highest BCUT2D eigenvalue weighted by atomic mass is 16.5. The minimum Gasteiger partial charge on any atom is -0.497 e. The van der Waals surface area contributed by atoms with E-state index in [1.807, 2.05) is 24.0 Å². The summed E-state index contributed by atoms with van der Waals surface area (Å²) in [5.41, 5.74) is 1.79. The Kier molecular flexibility index (Phi) is 9.36. The number of nitrogens with zero attached hydrogens (tertiary/aromatic N) is 3. The van der Waals surface area contributed by atoms with Crippen LogP contribution in [-0.2, 0) is 9.53 Å². The number of hydrogen-bond acceptors (Lipinski definition) is 6. The Bertz CT molecular complexity index is 933. The van der Waals surface area contributed by atoms with Crippen LogP contribution in [0.2, 0.25) is 0 Å². The van der Waals surface area contributed by atoms with Crippen molar-refractivity contribution in [3.05, 3.63) is 41.1 Å². The number of carbonyl (C=O) groups excluding carboxylic acids is 3. The van der Waals surface area contributed by atoms with Gasteiger partial charge in [0.25, 0.3) is 0 Å². The monoisotopic (exact) mass is 487 g/mol. The molecule has 0 bridgehead atoms. The van der Waals surface area contributed by atoms with Crippen molar-refractivity contribution in [3.63, 3.8) is 0 Å². The number of likely N-dealkylation sites (N-methyl/N-ethyl adjacent to an activating group) is 1. The number of nitrogens with one attached hydrogen (secondary N) is 2. The lowest BCUT2D eigenvalue weighted by molar-refractivity contribution is -0.139. The van der Waals surface area contributed by atoms with Gasteiger partial charge in [-0.05, 0) is 37.5 Å². The van der Waals surface area contributed by atoms with E-state index in [4.69, 9.17) is 9.47 Å². The molecule has 0 radical (unpaired) electrons. The molecule has 4 amide bonds. The highest BCUT2D eigenvalue weighted by Crippen LogP contribution is 2.32. The molecule has 1 saturated heterocycles. The van der Waals surface area contributed by atoms with Crippen LogP contribution in [0.3, 0.4) is 0 Å². The number of esters is 1. The third kappa shape index (κ3) is 6.45. The number of amides is 4. The number of methoxy groups -OCH3 is 1. The summed E-state index contributed by atoms with van der Waals surface area (Å²) < 4.78 is 10.7. The van der Waals surface area contributed by atoms with Crippen LogP contribution in [0.1, 0.15) is 38.3 Å². The molecule has 1 aromatic carbocycles. The average molecular weight is 488 g/mol. The maximum absolute atomic E-state index is 13.2. The van der Waals surface area contributed by atoms with E-state index in [2.05, 4.69) is 15.5 Å². The summed E-state index contributed by atoms with van der Waals surface area (Å²) in [6.45, 7) is 7.70. The van der Waals surface area contributed by atoms with Gasteiger partial charge in [0.2, 0.25) is 0 Å². The predicted octanol–water partition coefficient (Wildman–Crippen LogP) is 2.34. The van der Waals surface area contributed by atoms with E-state index in [9.17, 15) is 14.4 Å². The molecule has 0 aliphatic carbocycles. The van der Waals surface area contributed by atoms with Gasteiger partial charge >= 0.3 is 18.0 Å². The summed E-state index contributed by atoms with van der Waals surface area (Å²) in [5.74, 6) is 0.234. The molecule has 0 aromatic heterocycles. The molecule has 10 heteroatoms. The van der Waals surface area contributed by atoms with Crippen molar-refractivity contribution in [1.82, 2.24) is 25.3 Å². The topological polar surface area (TPSA) is 103 Å². The smallest absolute Gasteiger partial charge is 0.338 e. The molecule has 10 nitrogen and oxygen atoms in total. The van der Waals surface area contributed by atoms with Gasteiger partial charge in [-0.3, -0.25) is 9.80 Å². The summed E-state index contributed by atoms with van der Waals surface area (Å²) in [6, 6.07) is 6.31. The van der Waals surface area contributed by atoms with Crippen molar-refractivity contribution < 1.29 is 23.9 Å². The molecule has 2 heterocycles. The molecule has 2 aliphatic heterocycles. The van der Waals surface area contributed by atoms with Crippen molar-refractivity contribution in [2.45, 2.75) is 32.7 Å². The van der Waals surface area contributed by atoms with Gasteiger partial charge in [0, 0.05) is 52.0 Å². The van der Waals surface area contributed by atoms with E-state index in [0.29, 0.717) is 49.7 Å². The normalized spacial score (nSPS) is 19.2. The molecule has 1 aromatic rings. The third-order valence-electron chi connectivity index (χ3n) is 6.30. The van der Waals surface area contributed by atoms with Gasteiger partial charge in [-0.1, -0.05) is 19.1 Å². The van der Waals surface area contributed by atoms with Gasteiger partial charge in [-0.2, -0.15) is 0 Å². The Morgan fingerprint density at radius 1 is 1.11 bits per heavy atom. The highest BCUT2D eigenvalue weighted by molar-refractivity contribution is 5.95. The molecule has 3 rings (SSSR count). The zero-order chi connectivity index (χ0) is 25.4. The van der Waals surface area contributed by atoms with Gasteiger partial charge in [-0.25, -0.2) is 14.4 Å². The maximum Gasteiger partial charge on any atom is 0.338 e. The standard InChI is InChI=1S/C25H37N5O5/c1-5-12-26-24(32)30-14-7-13-29(15-16-30)17-20-21(23(31)35-6-2)22(27-25(33)28(20)3)18-8-10-19(34-4)11-9-18/h8-11,22H,5-7,12-17H2,1-4H3,(H,26,32)(H,27,33). The number of benzene rings is 1. The van der Waals surface area contributed by atoms with Crippen LogP contribution < -0.4 is 15.4 Å². The Hall–Kier alpha value is -3.27. The molecule has 2 N–H and O–H groups in total. The SMILES string of the molecule is CCCNC(=O)N1CCCN(CC2=C(C(=O)OCC)C(c3ccc(OC)cc3)NC(=O)N2C)CC1. The van der Waals surface area contributed by atoms with Gasteiger partial charge in [-0.15, -0.1) is 0 Å². The quantitative estimate of drug-likeness (QED) is 0.546. The van der Waals surface area contributed by atoms with E-state index in [1.54, 1.807) is 33.2 Å². The molecule has 1 atom stereocenters. The second-order valence-corrected chi connectivity index (χ2v) is 8.64. The Labute approximate surface area is 207 Å². The lowest BCUT2D eigenvalue weighted by Crippen LogP contribution is -2.49. The first-order valence-electron chi connectivity index (χ1n) is 12.2. The number of carbonyl (C=O) groups is 3. The molecule has 35 heavy (non-hydrogen) atoms. The zero-order valence-electron chi connectivity index (χ0n) is 21.1. The Balaban J connectivity index is 1.88. The summed E-state index contributed by atoms with van der Waals surface area (Å²) in [4.78, 5) is 44.0. The zero-order valence-corrected chi connectivity index (χ0v) is 21.1. The van der Waals surface area contributed by atoms with Gasteiger partial charge < -0.3 is 25.0 Å². The first kappa shape index (κ1) is 26.3. The summed E-state index contributed by atoms with van der Waals surface area (Å²) in [6.07, 6.45) is 1.69. The van der Waals surface area contributed by atoms with Gasteiger partial charge in [0.05, 0.1) is 25.3 Å². The van der Waals surface area contributed by atoms with Crippen LogP contribution in [0.15, 0.2) is 35.5 Å². The minimum absolute atomic E-state index is 0.0474. The number of urea groups is 2. The fourth-order valence-corrected chi connectivity index (χ4v) is 4.33. The van der Waals surface area contributed by atoms with Crippen LogP contribution in [0.25, 0.3) is 0 Å². The van der Waals surface area contributed by atoms with Gasteiger partial charge in [0.15, 0.2) is 0 Å². The maximum atomic E-state index is 13.2. The van der Waals surface area contributed by atoms with Crippen molar-refractivity contribution in [3.8, 4) is 5.75 Å². The molecule has 0 saturated carbocycles. The second-order valence-electron chi connectivity index (χ2n) is 8.64. The largest absolute Gasteiger partial charge is 0.497 e. The molecule has 1 fully saturated rings. The van der Waals surface area contributed by atoms with Crippen LogP contribution in [0, 0.1) is 0 Å². The predicted molar refractivity (Wildman–Crippen MR) is 132 cm³/mol. The van der Waals surface area contributed by atoms with E-state index in [0.717, 1.165) is 24.9 Å². The summed E-state index contributed by atoms with van der Waals surface area (Å²) in [5, 5.41) is 5.87. The second kappa shape index (κ2) is 12.4. The number of ether oxygens (including phenoxy) is 2. The summed E-state index contributed by atoms with van der Waals surface area (Å²) >= 11 is 0. The van der Waals surface area contributed by atoms with Gasteiger partial charge in [0.1, 0.15) is 5.75 Å². The van der Waals surface area contributed by atoms with Crippen LogP contribution in [-0.4, -0.2) is 92.8 Å². The van der Waals surface area contributed by atoms with E-state index >= 15 is 0 Å². The number of hydrogen-bond donors (Lipinski definition) is 2.